The Kier molecular flexibility index (Phi) is 5.32. The fraction of sp³-hybridized carbons (Fsp3) is 0.263. The third-order valence-electron chi connectivity index (χ3n) is 4.26. The second-order valence-electron chi connectivity index (χ2n) is 6.27. The van der Waals surface area contributed by atoms with Crippen LogP contribution in [0.5, 0.6) is 0 Å². The van der Waals surface area contributed by atoms with Crippen molar-refractivity contribution in [2.75, 3.05) is 11.9 Å². The molecule has 0 heterocycles. The second kappa shape index (κ2) is 7.64. The van der Waals surface area contributed by atoms with Gasteiger partial charge in [-0.1, -0.05) is 23.7 Å². The van der Waals surface area contributed by atoms with E-state index < -0.39 is 0 Å². The summed E-state index contributed by atoms with van der Waals surface area (Å²) in [6.45, 7) is 1.02. The van der Waals surface area contributed by atoms with Gasteiger partial charge < -0.3 is 10.2 Å². The lowest BCUT2D eigenvalue weighted by Gasteiger charge is -2.19. The summed E-state index contributed by atoms with van der Waals surface area (Å²) in [5.74, 6) is -0.364. The van der Waals surface area contributed by atoms with E-state index in [1.165, 1.54) is 17.0 Å². The monoisotopic (exact) mass is 358 g/mol. The molecule has 1 aliphatic rings. The topological polar surface area (TPSA) is 57.3 Å². The lowest BCUT2D eigenvalue weighted by Crippen LogP contribution is -3.13. The van der Waals surface area contributed by atoms with Gasteiger partial charge in [0, 0.05) is 24.1 Å². The molecule has 0 spiro atoms. The smallest absolute Gasteiger partial charge is 0.279 e. The van der Waals surface area contributed by atoms with E-state index in [4.69, 9.17) is 16.9 Å². The Balaban J connectivity index is 1.62. The lowest BCUT2D eigenvalue weighted by molar-refractivity contribution is -0.916. The molecular weight excluding hydrogens is 341 g/mol. The quantitative estimate of drug-likeness (QED) is 0.833. The van der Waals surface area contributed by atoms with Crippen LogP contribution < -0.4 is 10.2 Å². The zero-order valence-electron chi connectivity index (χ0n) is 13.6. The van der Waals surface area contributed by atoms with Crippen LogP contribution in [-0.2, 0) is 11.3 Å². The average molecular weight is 359 g/mol. The van der Waals surface area contributed by atoms with E-state index in [1.54, 1.807) is 30.3 Å². The summed E-state index contributed by atoms with van der Waals surface area (Å²) in [4.78, 5) is 13.5. The molecule has 1 aliphatic carbocycles. The van der Waals surface area contributed by atoms with E-state index in [0.717, 1.165) is 18.4 Å². The zero-order chi connectivity index (χ0) is 17.8. The highest BCUT2D eigenvalue weighted by molar-refractivity contribution is 6.32. The van der Waals surface area contributed by atoms with Crippen LogP contribution in [0.2, 0.25) is 5.02 Å². The highest BCUT2D eigenvalue weighted by Gasteiger charge is 2.34. The third-order valence-corrected chi connectivity index (χ3v) is 4.57. The number of nitrogens with one attached hydrogen (secondary N) is 2. The minimum Gasteiger partial charge on any atom is -0.321 e. The highest BCUT2D eigenvalue weighted by Crippen LogP contribution is 2.20. The summed E-state index contributed by atoms with van der Waals surface area (Å²) >= 11 is 5.99. The Hall–Kier alpha value is -2.42. The summed E-state index contributed by atoms with van der Waals surface area (Å²) in [5, 5.41) is 12.0. The first kappa shape index (κ1) is 17.4. The molecule has 2 aromatic carbocycles. The SMILES string of the molecule is N#Cc1ccc(NC(=O)C[NH+](Cc2ccc(F)cc2)C2CC2)cc1Cl. The molecule has 25 heavy (non-hydrogen) atoms. The number of quaternary nitrogens is 1. The van der Waals surface area contributed by atoms with Crippen LogP contribution in [0, 0.1) is 17.1 Å². The predicted octanol–water partition coefficient (Wildman–Crippen LogP) is 2.54. The van der Waals surface area contributed by atoms with Crippen molar-refractivity contribution in [1.29, 1.82) is 5.26 Å². The fourth-order valence-electron chi connectivity index (χ4n) is 2.80. The summed E-state index contributed by atoms with van der Waals surface area (Å²) in [6, 6.07) is 13.7. The van der Waals surface area contributed by atoms with E-state index in [9.17, 15) is 9.18 Å². The van der Waals surface area contributed by atoms with Gasteiger partial charge in [0.1, 0.15) is 18.4 Å². The highest BCUT2D eigenvalue weighted by atomic mass is 35.5. The largest absolute Gasteiger partial charge is 0.321 e. The second-order valence-corrected chi connectivity index (χ2v) is 6.67. The standard InChI is InChI=1S/C19H17ClFN3O/c20-18-9-16(6-3-14(18)10-22)23-19(25)12-24(17-7-8-17)11-13-1-4-15(21)5-2-13/h1-6,9,17H,7-8,11-12H2,(H,23,25)/p+1. The van der Waals surface area contributed by atoms with E-state index in [2.05, 4.69) is 5.32 Å². The minimum absolute atomic E-state index is 0.107. The maximum atomic E-state index is 13.0. The van der Waals surface area contributed by atoms with Gasteiger partial charge in [-0.3, -0.25) is 4.79 Å². The Morgan fingerprint density at radius 1 is 1.28 bits per heavy atom. The molecule has 2 aromatic rings. The van der Waals surface area contributed by atoms with E-state index in [-0.39, 0.29) is 11.7 Å². The van der Waals surface area contributed by atoms with Gasteiger partial charge in [-0.2, -0.15) is 5.26 Å². The molecule has 128 valence electrons. The van der Waals surface area contributed by atoms with Crippen molar-refractivity contribution in [2.45, 2.75) is 25.4 Å². The Labute approximate surface area is 150 Å². The van der Waals surface area contributed by atoms with Crippen LogP contribution in [0.15, 0.2) is 42.5 Å². The zero-order valence-corrected chi connectivity index (χ0v) is 14.3. The van der Waals surface area contributed by atoms with Crippen LogP contribution in [-0.4, -0.2) is 18.5 Å². The molecule has 1 saturated carbocycles. The average Bonchev–Trinajstić information content (AvgIpc) is 3.41. The first-order chi connectivity index (χ1) is 12.0. The lowest BCUT2D eigenvalue weighted by atomic mass is 10.2. The number of carbonyl (C=O) groups excluding carboxylic acids is 1. The van der Waals surface area contributed by atoms with Crippen molar-refractivity contribution in [1.82, 2.24) is 0 Å². The van der Waals surface area contributed by atoms with Crippen molar-refractivity contribution in [3.05, 3.63) is 64.4 Å². The van der Waals surface area contributed by atoms with Crippen LogP contribution >= 0.6 is 11.6 Å². The molecule has 2 N–H and O–H groups in total. The number of nitrogens with zero attached hydrogens (tertiary/aromatic N) is 1. The van der Waals surface area contributed by atoms with Gasteiger partial charge in [0.05, 0.1) is 16.6 Å². The molecule has 0 saturated heterocycles. The van der Waals surface area contributed by atoms with Crippen LogP contribution in [0.25, 0.3) is 0 Å². The summed E-state index contributed by atoms with van der Waals surface area (Å²) in [5.41, 5.74) is 1.96. The van der Waals surface area contributed by atoms with Crippen molar-refractivity contribution < 1.29 is 14.1 Å². The van der Waals surface area contributed by atoms with Gasteiger partial charge in [-0.15, -0.1) is 0 Å². The molecule has 3 rings (SSSR count). The Morgan fingerprint density at radius 3 is 2.60 bits per heavy atom. The van der Waals surface area contributed by atoms with Gasteiger partial charge in [-0.25, -0.2) is 4.39 Å². The van der Waals surface area contributed by atoms with Gasteiger partial charge in [0.25, 0.3) is 5.91 Å². The molecule has 1 atom stereocenters. The van der Waals surface area contributed by atoms with Crippen molar-refractivity contribution in [3.63, 3.8) is 0 Å². The number of rotatable bonds is 6. The van der Waals surface area contributed by atoms with Gasteiger partial charge in [0.15, 0.2) is 6.54 Å². The fourth-order valence-corrected chi connectivity index (χ4v) is 3.02. The molecule has 1 fully saturated rings. The molecule has 0 radical (unpaired) electrons. The Bertz CT molecular complexity index is 812. The number of hydrogen-bond acceptors (Lipinski definition) is 2. The third kappa shape index (κ3) is 4.79. The minimum atomic E-state index is -0.257. The molecule has 4 nitrogen and oxygen atoms in total. The molecule has 0 aliphatic heterocycles. The van der Waals surface area contributed by atoms with Crippen LogP contribution in [0.1, 0.15) is 24.0 Å². The number of amides is 1. The number of benzene rings is 2. The summed E-state index contributed by atoms with van der Waals surface area (Å²) in [7, 11) is 0. The van der Waals surface area contributed by atoms with Crippen LogP contribution in [0.4, 0.5) is 10.1 Å². The maximum absolute atomic E-state index is 13.0. The molecule has 1 unspecified atom stereocenters. The molecule has 6 heteroatoms. The normalized spacial score (nSPS) is 14.6. The van der Waals surface area contributed by atoms with Gasteiger partial charge in [-0.05, 0) is 30.3 Å². The van der Waals surface area contributed by atoms with E-state index in [1.807, 2.05) is 6.07 Å². The molecule has 0 bridgehead atoms. The molecular formula is C19H18ClFN3O+. The van der Waals surface area contributed by atoms with E-state index >= 15 is 0 Å². The van der Waals surface area contributed by atoms with E-state index in [0.29, 0.717) is 35.4 Å². The number of hydrogen-bond donors (Lipinski definition) is 2. The first-order valence-electron chi connectivity index (χ1n) is 8.13. The van der Waals surface area contributed by atoms with Gasteiger partial charge in [0.2, 0.25) is 0 Å². The summed E-state index contributed by atoms with van der Waals surface area (Å²) < 4.78 is 13.0. The Morgan fingerprint density at radius 2 is 2.00 bits per heavy atom. The summed E-state index contributed by atoms with van der Waals surface area (Å²) in [6.07, 6.45) is 2.21. The van der Waals surface area contributed by atoms with Crippen LogP contribution in [0.3, 0.4) is 0 Å². The molecule has 0 aromatic heterocycles. The number of halogens is 2. The number of anilines is 1. The maximum Gasteiger partial charge on any atom is 0.279 e. The number of carbonyl (C=O) groups is 1. The van der Waals surface area contributed by atoms with Crippen molar-refractivity contribution >= 4 is 23.2 Å². The predicted molar refractivity (Wildman–Crippen MR) is 93.8 cm³/mol. The van der Waals surface area contributed by atoms with Crippen molar-refractivity contribution in [2.24, 2.45) is 0 Å². The molecule has 1 amide bonds. The number of nitriles is 1. The van der Waals surface area contributed by atoms with Crippen molar-refractivity contribution in [3.8, 4) is 6.07 Å². The van der Waals surface area contributed by atoms with Gasteiger partial charge >= 0.3 is 0 Å². The first-order valence-corrected chi connectivity index (χ1v) is 8.51.